The van der Waals surface area contributed by atoms with Crippen molar-refractivity contribution in [2.75, 3.05) is 13.7 Å². The lowest BCUT2D eigenvalue weighted by Gasteiger charge is -2.06. The number of imidazole rings is 1. The minimum Gasteiger partial charge on any atom is -0.497 e. The summed E-state index contributed by atoms with van der Waals surface area (Å²) < 4.78 is 10.3. The number of aromatic nitrogens is 3. The summed E-state index contributed by atoms with van der Waals surface area (Å²) in [6, 6.07) is 15.4. The minimum absolute atomic E-state index is 0.307. The molecule has 4 rings (SSSR count). The van der Waals surface area contributed by atoms with Crippen LogP contribution >= 0.6 is 0 Å². The molecule has 0 saturated heterocycles. The highest BCUT2D eigenvalue weighted by atomic mass is 16.5. The summed E-state index contributed by atoms with van der Waals surface area (Å²) in [7, 11) is 1.52. The van der Waals surface area contributed by atoms with E-state index in [9.17, 15) is 9.59 Å². The average Bonchev–Trinajstić information content (AvgIpc) is 3.21. The van der Waals surface area contributed by atoms with Gasteiger partial charge in [0, 0.05) is 23.5 Å². The first-order chi connectivity index (χ1) is 14.1. The number of esters is 1. The second-order valence-corrected chi connectivity index (χ2v) is 6.29. The monoisotopic (exact) mass is 387 g/mol. The summed E-state index contributed by atoms with van der Waals surface area (Å²) in [5.74, 6) is 0.336. The molecule has 0 atom stereocenters. The molecule has 29 heavy (non-hydrogen) atoms. The molecule has 0 aliphatic heterocycles. The maximum atomic E-state index is 12.4. The van der Waals surface area contributed by atoms with Crippen molar-refractivity contribution in [3.05, 3.63) is 78.1 Å². The third-order valence-corrected chi connectivity index (χ3v) is 4.38. The number of Topliss-reactive ketones (excluding diaryl/α,β-unsaturated/α-hetero) is 1. The highest BCUT2D eigenvalue weighted by Gasteiger charge is 2.14. The van der Waals surface area contributed by atoms with E-state index in [0.29, 0.717) is 33.7 Å². The number of methoxy groups -OCH3 is 1. The van der Waals surface area contributed by atoms with E-state index in [1.165, 1.54) is 7.11 Å². The Bertz CT molecular complexity index is 1190. The van der Waals surface area contributed by atoms with Crippen LogP contribution < -0.4 is 4.74 Å². The molecule has 0 aliphatic carbocycles. The number of ketones is 1. The zero-order chi connectivity index (χ0) is 20.2. The van der Waals surface area contributed by atoms with E-state index in [1.54, 1.807) is 54.9 Å². The number of nitrogens with zero attached hydrogens (tertiary/aromatic N) is 2. The topological polar surface area (TPSA) is 94.2 Å². The van der Waals surface area contributed by atoms with Crippen molar-refractivity contribution in [2.45, 2.75) is 0 Å². The van der Waals surface area contributed by atoms with Crippen LogP contribution in [0.4, 0.5) is 0 Å². The van der Waals surface area contributed by atoms with Gasteiger partial charge in [-0.05, 0) is 42.5 Å². The van der Waals surface area contributed by atoms with Gasteiger partial charge in [0.05, 0.1) is 23.7 Å². The number of rotatable bonds is 6. The van der Waals surface area contributed by atoms with Crippen molar-refractivity contribution >= 4 is 22.8 Å². The maximum Gasteiger partial charge on any atom is 0.338 e. The smallest absolute Gasteiger partial charge is 0.338 e. The number of nitrogens with one attached hydrogen (secondary N) is 1. The molecule has 0 bridgehead atoms. The van der Waals surface area contributed by atoms with Gasteiger partial charge < -0.3 is 14.5 Å². The fourth-order valence-electron chi connectivity index (χ4n) is 2.87. The highest BCUT2D eigenvalue weighted by molar-refractivity contribution is 6.00. The quantitative estimate of drug-likeness (QED) is 0.401. The Morgan fingerprint density at radius 1 is 1.03 bits per heavy atom. The summed E-state index contributed by atoms with van der Waals surface area (Å²) in [6.45, 7) is -0.353. The zero-order valence-corrected chi connectivity index (χ0v) is 15.6. The predicted molar refractivity (Wildman–Crippen MR) is 107 cm³/mol. The lowest BCUT2D eigenvalue weighted by Crippen LogP contribution is -2.14. The molecule has 0 fully saturated rings. The van der Waals surface area contributed by atoms with Crippen LogP contribution in [-0.4, -0.2) is 40.4 Å². The van der Waals surface area contributed by atoms with Gasteiger partial charge in [-0.25, -0.2) is 9.78 Å². The van der Waals surface area contributed by atoms with Crippen molar-refractivity contribution in [3.63, 3.8) is 0 Å². The van der Waals surface area contributed by atoms with E-state index >= 15 is 0 Å². The molecule has 0 aliphatic rings. The molecule has 2 aromatic heterocycles. The van der Waals surface area contributed by atoms with Crippen molar-refractivity contribution in [3.8, 4) is 17.1 Å². The van der Waals surface area contributed by atoms with Crippen LogP contribution in [0.1, 0.15) is 20.7 Å². The molecule has 7 heteroatoms. The number of aromatic amines is 1. The molecule has 0 saturated carbocycles. The lowest BCUT2D eigenvalue weighted by molar-refractivity contribution is 0.0475. The van der Waals surface area contributed by atoms with Crippen molar-refractivity contribution in [1.29, 1.82) is 0 Å². The van der Waals surface area contributed by atoms with Crippen molar-refractivity contribution in [2.24, 2.45) is 0 Å². The molecule has 2 aromatic carbocycles. The molecule has 1 N–H and O–H groups in total. The third kappa shape index (κ3) is 3.98. The van der Waals surface area contributed by atoms with Crippen molar-refractivity contribution in [1.82, 2.24) is 15.0 Å². The standard InChI is InChI=1S/C22H17N3O4/c1-28-17-6-2-4-14(10-17)20(26)13-29-22(27)15-7-8-18-19(11-15)25-21(24-18)16-5-3-9-23-12-16/h2-12H,13H2,1H3,(H,24,25). The van der Waals surface area contributed by atoms with Gasteiger partial charge in [-0.15, -0.1) is 0 Å². The highest BCUT2D eigenvalue weighted by Crippen LogP contribution is 2.21. The molecule has 0 spiro atoms. The summed E-state index contributed by atoms with van der Waals surface area (Å²) in [4.78, 5) is 36.4. The first kappa shape index (κ1) is 18.4. The van der Waals surface area contributed by atoms with E-state index < -0.39 is 5.97 Å². The maximum absolute atomic E-state index is 12.4. The lowest BCUT2D eigenvalue weighted by atomic mass is 10.1. The molecular weight excluding hydrogens is 370 g/mol. The molecule has 4 aromatic rings. The van der Waals surface area contributed by atoms with Crippen LogP contribution in [-0.2, 0) is 4.74 Å². The molecule has 0 unspecified atom stereocenters. The van der Waals surface area contributed by atoms with E-state index in [4.69, 9.17) is 9.47 Å². The first-order valence-corrected chi connectivity index (χ1v) is 8.88. The van der Waals surface area contributed by atoms with Crippen LogP contribution in [0.5, 0.6) is 5.75 Å². The van der Waals surface area contributed by atoms with Crippen LogP contribution in [0.25, 0.3) is 22.4 Å². The van der Waals surface area contributed by atoms with Gasteiger partial charge in [-0.3, -0.25) is 9.78 Å². The Balaban J connectivity index is 1.47. The van der Waals surface area contributed by atoms with E-state index in [0.717, 1.165) is 5.56 Å². The van der Waals surface area contributed by atoms with Gasteiger partial charge >= 0.3 is 5.97 Å². The van der Waals surface area contributed by atoms with E-state index in [1.807, 2.05) is 12.1 Å². The van der Waals surface area contributed by atoms with Gasteiger partial charge in [0.15, 0.2) is 12.4 Å². The Morgan fingerprint density at radius 3 is 2.72 bits per heavy atom. The summed E-state index contributed by atoms with van der Waals surface area (Å²) >= 11 is 0. The Morgan fingerprint density at radius 2 is 1.93 bits per heavy atom. The number of fused-ring (bicyclic) bond motifs is 1. The third-order valence-electron chi connectivity index (χ3n) is 4.38. The SMILES string of the molecule is COc1cccc(C(=O)COC(=O)c2ccc3nc(-c4cccnc4)[nH]c3c2)c1. The Hall–Kier alpha value is -4.00. The molecule has 7 nitrogen and oxygen atoms in total. The number of H-pyrrole nitrogens is 1. The summed E-state index contributed by atoms with van der Waals surface area (Å²) in [6.07, 6.45) is 3.39. The van der Waals surface area contributed by atoms with Crippen LogP contribution in [0.3, 0.4) is 0 Å². The molecule has 144 valence electrons. The predicted octanol–water partition coefficient (Wildman–Crippen LogP) is 3.67. The number of hydrogen-bond acceptors (Lipinski definition) is 6. The second kappa shape index (κ2) is 7.93. The molecular formula is C22H17N3O4. The minimum atomic E-state index is -0.583. The normalized spacial score (nSPS) is 10.7. The molecule has 0 radical (unpaired) electrons. The number of hydrogen-bond donors (Lipinski definition) is 1. The number of benzene rings is 2. The van der Waals surface area contributed by atoms with Gasteiger partial charge in [0.2, 0.25) is 0 Å². The number of carbonyl (C=O) groups excluding carboxylic acids is 2. The molecule has 0 amide bonds. The molecule has 2 heterocycles. The van der Waals surface area contributed by atoms with Gasteiger partial charge in [-0.2, -0.15) is 0 Å². The summed E-state index contributed by atoms with van der Waals surface area (Å²) in [5, 5.41) is 0. The zero-order valence-electron chi connectivity index (χ0n) is 15.6. The fraction of sp³-hybridized carbons (Fsp3) is 0.0909. The largest absolute Gasteiger partial charge is 0.497 e. The number of pyridine rings is 1. The fourth-order valence-corrected chi connectivity index (χ4v) is 2.87. The van der Waals surface area contributed by atoms with Gasteiger partial charge in [0.1, 0.15) is 11.6 Å². The van der Waals surface area contributed by atoms with Crippen molar-refractivity contribution < 1.29 is 19.1 Å². The second-order valence-electron chi connectivity index (χ2n) is 6.29. The van der Waals surface area contributed by atoms with Crippen LogP contribution in [0.2, 0.25) is 0 Å². The summed E-state index contributed by atoms with van der Waals surface area (Å²) in [5.41, 5.74) is 3.00. The van der Waals surface area contributed by atoms with Gasteiger partial charge in [-0.1, -0.05) is 12.1 Å². The van der Waals surface area contributed by atoms with Gasteiger partial charge in [0.25, 0.3) is 0 Å². The first-order valence-electron chi connectivity index (χ1n) is 8.88. The Labute approximate surface area is 166 Å². The average molecular weight is 387 g/mol. The Kier molecular flexibility index (Phi) is 5.03. The van der Waals surface area contributed by atoms with Crippen LogP contribution in [0.15, 0.2) is 67.0 Å². The number of ether oxygens (including phenoxy) is 2. The van der Waals surface area contributed by atoms with E-state index in [-0.39, 0.29) is 12.4 Å². The number of carbonyl (C=O) groups is 2. The van der Waals surface area contributed by atoms with Crippen LogP contribution in [0, 0.1) is 0 Å². The van der Waals surface area contributed by atoms with E-state index in [2.05, 4.69) is 15.0 Å².